The van der Waals surface area contributed by atoms with Crippen LogP contribution < -0.4 is 4.90 Å². The van der Waals surface area contributed by atoms with E-state index in [2.05, 4.69) is 25.8 Å². The summed E-state index contributed by atoms with van der Waals surface area (Å²) in [5.74, 6) is 0. The molecule has 16 heavy (non-hydrogen) atoms. The van der Waals surface area contributed by atoms with Gasteiger partial charge >= 0.3 is 0 Å². The second-order valence-electron chi connectivity index (χ2n) is 4.15. The van der Waals surface area contributed by atoms with E-state index in [-0.39, 0.29) is 0 Å². The summed E-state index contributed by atoms with van der Waals surface area (Å²) in [7, 11) is 0. The maximum Gasteiger partial charge on any atom is 0.298 e. The molecule has 1 atom stereocenters. The van der Waals surface area contributed by atoms with Crippen molar-refractivity contribution in [1.29, 1.82) is 0 Å². The molecule has 1 aliphatic heterocycles. The van der Waals surface area contributed by atoms with E-state index in [0.29, 0.717) is 4.83 Å². The molecule has 2 aromatic rings. The number of nitrogens with zero attached hydrogens (tertiary/aromatic N) is 2. The van der Waals surface area contributed by atoms with Crippen molar-refractivity contribution in [3.8, 4) is 0 Å². The molecule has 0 aliphatic carbocycles. The van der Waals surface area contributed by atoms with Crippen LogP contribution in [0, 0.1) is 0 Å². The quantitative estimate of drug-likeness (QED) is 0.752. The number of piperidine rings is 1. The lowest BCUT2D eigenvalue weighted by Crippen LogP contribution is -2.35. The Labute approximate surface area is 103 Å². The van der Waals surface area contributed by atoms with Crippen LogP contribution in [0.25, 0.3) is 11.1 Å². The molecule has 2 heterocycles. The Kier molecular flexibility index (Phi) is 2.59. The van der Waals surface area contributed by atoms with E-state index in [1.54, 1.807) is 0 Å². The van der Waals surface area contributed by atoms with Gasteiger partial charge in [0.2, 0.25) is 0 Å². The number of alkyl halides is 1. The van der Waals surface area contributed by atoms with Crippen molar-refractivity contribution in [2.75, 3.05) is 18.0 Å². The highest BCUT2D eigenvalue weighted by Gasteiger charge is 2.21. The molecule has 1 aliphatic rings. The van der Waals surface area contributed by atoms with Gasteiger partial charge in [0.25, 0.3) is 6.01 Å². The first-order valence-corrected chi connectivity index (χ1v) is 6.49. The Bertz CT molecular complexity index is 463. The normalized spacial score (nSPS) is 21.6. The van der Waals surface area contributed by atoms with E-state index in [4.69, 9.17) is 4.42 Å². The third-order valence-electron chi connectivity index (χ3n) is 2.92. The zero-order valence-electron chi connectivity index (χ0n) is 8.90. The lowest BCUT2D eigenvalue weighted by Gasteiger charge is -2.28. The van der Waals surface area contributed by atoms with Crippen molar-refractivity contribution < 1.29 is 4.42 Å². The summed E-state index contributed by atoms with van der Waals surface area (Å²) in [5, 5.41) is 0. The number of benzene rings is 1. The van der Waals surface area contributed by atoms with E-state index in [1.807, 2.05) is 24.3 Å². The average molecular weight is 281 g/mol. The van der Waals surface area contributed by atoms with Crippen molar-refractivity contribution in [3.63, 3.8) is 0 Å². The van der Waals surface area contributed by atoms with Gasteiger partial charge in [-0.05, 0) is 25.0 Å². The lowest BCUT2D eigenvalue weighted by atomic mass is 10.1. The number of hydrogen-bond acceptors (Lipinski definition) is 3. The summed E-state index contributed by atoms with van der Waals surface area (Å²) in [6.07, 6.45) is 2.42. The molecule has 0 spiro atoms. The molecule has 1 aromatic heterocycles. The number of rotatable bonds is 1. The zero-order chi connectivity index (χ0) is 11.0. The molecule has 0 saturated carbocycles. The third kappa shape index (κ3) is 1.82. The number of aromatic nitrogens is 1. The minimum atomic E-state index is 0.552. The van der Waals surface area contributed by atoms with Crippen LogP contribution in [-0.4, -0.2) is 22.9 Å². The molecule has 0 bridgehead atoms. The van der Waals surface area contributed by atoms with Crippen LogP contribution in [0.5, 0.6) is 0 Å². The van der Waals surface area contributed by atoms with Gasteiger partial charge in [0.1, 0.15) is 5.52 Å². The topological polar surface area (TPSA) is 29.3 Å². The van der Waals surface area contributed by atoms with Crippen molar-refractivity contribution in [2.24, 2.45) is 0 Å². The number of halogens is 1. The van der Waals surface area contributed by atoms with Gasteiger partial charge in [-0.15, -0.1) is 0 Å². The van der Waals surface area contributed by atoms with E-state index >= 15 is 0 Å². The molecule has 84 valence electrons. The number of para-hydroxylation sites is 2. The molecule has 3 rings (SSSR count). The van der Waals surface area contributed by atoms with Crippen LogP contribution in [0.4, 0.5) is 6.01 Å². The summed E-state index contributed by atoms with van der Waals surface area (Å²) in [4.78, 5) is 7.27. The van der Waals surface area contributed by atoms with Gasteiger partial charge in [0.05, 0.1) is 0 Å². The summed E-state index contributed by atoms with van der Waals surface area (Å²) in [6.45, 7) is 2.02. The van der Waals surface area contributed by atoms with E-state index in [9.17, 15) is 0 Å². The Morgan fingerprint density at radius 3 is 3.06 bits per heavy atom. The molecular formula is C12H13BrN2O. The van der Waals surface area contributed by atoms with Gasteiger partial charge in [-0.2, -0.15) is 4.98 Å². The number of anilines is 1. The lowest BCUT2D eigenvalue weighted by molar-refractivity contribution is 0.518. The third-order valence-corrected chi connectivity index (χ3v) is 3.66. The fraction of sp³-hybridized carbons (Fsp3) is 0.417. The van der Waals surface area contributed by atoms with Crippen molar-refractivity contribution >= 4 is 33.0 Å². The first-order chi connectivity index (χ1) is 7.83. The standard InChI is InChI=1S/C12H13BrN2O/c13-9-4-3-7-15(8-9)12-14-10-5-1-2-6-11(10)16-12/h1-2,5-6,9H,3-4,7-8H2. The number of fused-ring (bicyclic) bond motifs is 1. The summed E-state index contributed by atoms with van der Waals surface area (Å²) >= 11 is 3.66. The molecule has 1 aromatic carbocycles. The number of oxazole rings is 1. The van der Waals surface area contributed by atoms with Crippen molar-refractivity contribution in [3.05, 3.63) is 24.3 Å². The predicted molar refractivity (Wildman–Crippen MR) is 68.2 cm³/mol. The highest BCUT2D eigenvalue weighted by atomic mass is 79.9. The Morgan fingerprint density at radius 2 is 2.25 bits per heavy atom. The molecule has 0 radical (unpaired) electrons. The van der Waals surface area contributed by atoms with E-state index < -0.39 is 0 Å². The van der Waals surface area contributed by atoms with Gasteiger partial charge in [0, 0.05) is 17.9 Å². The van der Waals surface area contributed by atoms with Gasteiger partial charge in [0.15, 0.2) is 5.58 Å². The van der Waals surface area contributed by atoms with Crippen LogP contribution in [0.3, 0.4) is 0 Å². The fourth-order valence-electron chi connectivity index (χ4n) is 2.09. The van der Waals surface area contributed by atoms with E-state index in [0.717, 1.165) is 30.2 Å². The molecule has 0 N–H and O–H groups in total. The van der Waals surface area contributed by atoms with Gasteiger partial charge in [-0.3, -0.25) is 0 Å². The number of hydrogen-bond donors (Lipinski definition) is 0. The minimum Gasteiger partial charge on any atom is -0.423 e. The average Bonchev–Trinajstić information content (AvgIpc) is 2.72. The van der Waals surface area contributed by atoms with Crippen LogP contribution in [0.15, 0.2) is 28.7 Å². The second-order valence-corrected chi connectivity index (χ2v) is 5.44. The Balaban J connectivity index is 1.93. The molecule has 0 amide bonds. The smallest absolute Gasteiger partial charge is 0.298 e. The molecule has 1 unspecified atom stereocenters. The summed E-state index contributed by atoms with van der Waals surface area (Å²) in [5.41, 5.74) is 1.81. The van der Waals surface area contributed by atoms with Crippen LogP contribution >= 0.6 is 15.9 Å². The first-order valence-electron chi connectivity index (χ1n) is 5.57. The van der Waals surface area contributed by atoms with Gasteiger partial charge < -0.3 is 9.32 Å². The monoisotopic (exact) mass is 280 g/mol. The highest BCUT2D eigenvalue weighted by molar-refractivity contribution is 9.09. The highest BCUT2D eigenvalue weighted by Crippen LogP contribution is 2.26. The van der Waals surface area contributed by atoms with Crippen LogP contribution in [0.1, 0.15) is 12.8 Å². The van der Waals surface area contributed by atoms with Gasteiger partial charge in [-0.25, -0.2) is 0 Å². The molecule has 4 heteroatoms. The minimum absolute atomic E-state index is 0.552. The molecule has 1 saturated heterocycles. The SMILES string of the molecule is BrC1CCCN(c2nc3ccccc3o2)C1. The van der Waals surface area contributed by atoms with Crippen LogP contribution in [0.2, 0.25) is 0 Å². The van der Waals surface area contributed by atoms with E-state index in [1.165, 1.54) is 12.8 Å². The summed E-state index contributed by atoms with van der Waals surface area (Å²) < 4.78 is 5.75. The van der Waals surface area contributed by atoms with Crippen molar-refractivity contribution in [2.45, 2.75) is 17.7 Å². The maximum absolute atomic E-state index is 5.75. The predicted octanol–water partition coefficient (Wildman–Crippen LogP) is 3.19. The van der Waals surface area contributed by atoms with Crippen LogP contribution in [-0.2, 0) is 0 Å². The second kappa shape index (κ2) is 4.09. The molecule has 1 fully saturated rings. The first kappa shape index (κ1) is 10.1. The maximum atomic E-state index is 5.75. The van der Waals surface area contributed by atoms with Gasteiger partial charge in [-0.1, -0.05) is 28.1 Å². The molecular weight excluding hydrogens is 268 g/mol. The zero-order valence-corrected chi connectivity index (χ0v) is 10.5. The molecule has 3 nitrogen and oxygen atoms in total. The Morgan fingerprint density at radius 1 is 1.38 bits per heavy atom. The Hall–Kier alpha value is -1.03. The summed E-state index contributed by atoms with van der Waals surface area (Å²) in [6, 6.07) is 8.66. The largest absolute Gasteiger partial charge is 0.423 e. The van der Waals surface area contributed by atoms with Crippen molar-refractivity contribution in [1.82, 2.24) is 4.98 Å². The fourth-order valence-corrected chi connectivity index (χ4v) is 2.77.